The Morgan fingerprint density at radius 3 is 2.72 bits per heavy atom. The molecule has 0 unspecified atom stereocenters. The van der Waals surface area contributed by atoms with Crippen LogP contribution in [0.4, 0.5) is 0 Å². The van der Waals surface area contributed by atoms with Gasteiger partial charge in [-0.25, -0.2) is 4.68 Å². The van der Waals surface area contributed by atoms with Crippen molar-refractivity contribution in [3.05, 3.63) is 0 Å². The Labute approximate surface area is 113 Å². The highest BCUT2D eigenvalue weighted by molar-refractivity contribution is 7.99. The van der Waals surface area contributed by atoms with Gasteiger partial charge in [-0.3, -0.25) is 0 Å². The van der Waals surface area contributed by atoms with E-state index in [1.54, 1.807) is 11.8 Å². The molecule has 0 aromatic carbocycles. The Bertz CT molecular complexity index is 346. The molecule has 1 aliphatic rings. The minimum absolute atomic E-state index is 0.579. The number of hydrogen-bond donors (Lipinski definition) is 0. The summed E-state index contributed by atoms with van der Waals surface area (Å²) >= 11 is 1.77. The first-order valence-corrected chi connectivity index (χ1v) is 7.85. The van der Waals surface area contributed by atoms with E-state index in [-0.39, 0.29) is 0 Å². The van der Waals surface area contributed by atoms with Crippen molar-refractivity contribution in [1.82, 2.24) is 25.1 Å². The fraction of sp³-hybridized carbons (Fsp3) is 0.917. The molecule has 0 amide bonds. The van der Waals surface area contributed by atoms with Crippen molar-refractivity contribution in [2.24, 2.45) is 5.92 Å². The highest BCUT2D eigenvalue weighted by Crippen LogP contribution is 2.16. The molecule has 0 bridgehead atoms. The van der Waals surface area contributed by atoms with Gasteiger partial charge in [0.05, 0.1) is 0 Å². The molecule has 5 nitrogen and oxygen atoms in total. The monoisotopic (exact) mass is 269 g/mol. The summed E-state index contributed by atoms with van der Waals surface area (Å²) in [7, 11) is 0. The van der Waals surface area contributed by atoms with Crippen LogP contribution in [-0.4, -0.2) is 50.5 Å². The van der Waals surface area contributed by atoms with Gasteiger partial charge in [-0.1, -0.05) is 32.0 Å². The topological polar surface area (TPSA) is 46.8 Å². The fourth-order valence-corrected chi connectivity index (χ4v) is 3.10. The summed E-state index contributed by atoms with van der Waals surface area (Å²) in [5.74, 6) is 1.66. The van der Waals surface area contributed by atoms with Crippen LogP contribution in [0.15, 0.2) is 5.16 Å². The second-order valence-corrected chi connectivity index (χ2v) is 6.35. The van der Waals surface area contributed by atoms with Crippen LogP contribution in [0, 0.1) is 5.92 Å². The molecule has 6 heteroatoms. The number of hydrogen-bond acceptors (Lipinski definition) is 5. The smallest absolute Gasteiger partial charge is 0.209 e. The zero-order valence-corrected chi connectivity index (χ0v) is 12.2. The number of tetrazole rings is 1. The number of nitrogens with zero attached hydrogens (tertiary/aromatic N) is 5. The summed E-state index contributed by atoms with van der Waals surface area (Å²) in [5.41, 5.74) is 0. The Hall–Kier alpha value is -0.620. The van der Waals surface area contributed by atoms with Crippen LogP contribution >= 0.6 is 11.8 Å². The van der Waals surface area contributed by atoms with Crippen molar-refractivity contribution in [2.45, 2.75) is 44.8 Å². The van der Waals surface area contributed by atoms with Crippen molar-refractivity contribution in [3.63, 3.8) is 0 Å². The van der Waals surface area contributed by atoms with Crippen LogP contribution in [0.5, 0.6) is 0 Å². The predicted octanol–water partition coefficient (Wildman–Crippen LogP) is 1.91. The Kier molecular flexibility index (Phi) is 5.44. The van der Waals surface area contributed by atoms with Gasteiger partial charge in [-0.15, -0.1) is 5.10 Å². The zero-order valence-electron chi connectivity index (χ0n) is 11.4. The highest BCUT2D eigenvalue weighted by Gasteiger charge is 2.12. The van der Waals surface area contributed by atoms with Crippen LogP contribution in [0.25, 0.3) is 0 Å². The molecule has 1 aliphatic heterocycles. The molecule has 1 saturated heterocycles. The molecule has 18 heavy (non-hydrogen) atoms. The predicted molar refractivity (Wildman–Crippen MR) is 73.7 cm³/mol. The lowest BCUT2D eigenvalue weighted by Gasteiger charge is -2.25. The molecule has 102 valence electrons. The fourth-order valence-electron chi connectivity index (χ4n) is 2.21. The van der Waals surface area contributed by atoms with Gasteiger partial charge in [0, 0.05) is 18.8 Å². The summed E-state index contributed by atoms with van der Waals surface area (Å²) in [6.07, 6.45) is 4.11. The van der Waals surface area contributed by atoms with Crippen molar-refractivity contribution in [1.29, 1.82) is 0 Å². The second kappa shape index (κ2) is 7.09. The average molecular weight is 269 g/mol. The van der Waals surface area contributed by atoms with Crippen molar-refractivity contribution >= 4 is 11.8 Å². The van der Waals surface area contributed by atoms with Crippen molar-refractivity contribution in [3.8, 4) is 0 Å². The largest absolute Gasteiger partial charge is 0.303 e. The van der Waals surface area contributed by atoms with E-state index in [0.717, 1.165) is 24.0 Å². The van der Waals surface area contributed by atoms with Crippen LogP contribution in [0.1, 0.15) is 33.1 Å². The summed E-state index contributed by atoms with van der Waals surface area (Å²) in [6, 6.07) is 0. The molecular weight excluding hydrogens is 246 g/mol. The quantitative estimate of drug-likeness (QED) is 0.738. The SMILES string of the molecule is CC(C)Cn1nnnc1SCCN1CCCCC1. The van der Waals surface area contributed by atoms with Gasteiger partial charge in [-0.05, 0) is 42.3 Å². The lowest BCUT2D eigenvalue weighted by atomic mass is 10.1. The van der Waals surface area contributed by atoms with Crippen LogP contribution in [0.3, 0.4) is 0 Å². The number of thioether (sulfide) groups is 1. The van der Waals surface area contributed by atoms with E-state index in [9.17, 15) is 0 Å². The maximum atomic E-state index is 4.10. The molecule has 0 N–H and O–H groups in total. The van der Waals surface area contributed by atoms with Gasteiger partial charge in [-0.2, -0.15) is 0 Å². The molecule has 1 fully saturated rings. The standard InChI is InChI=1S/C12H23N5S/c1-11(2)10-17-12(13-14-15-17)18-9-8-16-6-4-3-5-7-16/h11H,3-10H2,1-2H3. The lowest BCUT2D eigenvalue weighted by molar-refractivity contribution is 0.242. The molecule has 2 heterocycles. The molecule has 0 spiro atoms. The van der Waals surface area contributed by atoms with E-state index in [4.69, 9.17) is 0 Å². The van der Waals surface area contributed by atoms with Gasteiger partial charge >= 0.3 is 0 Å². The maximum Gasteiger partial charge on any atom is 0.209 e. The third kappa shape index (κ3) is 4.24. The Balaban J connectivity index is 1.74. The van der Waals surface area contributed by atoms with E-state index >= 15 is 0 Å². The van der Waals surface area contributed by atoms with E-state index in [1.165, 1.54) is 32.4 Å². The van der Waals surface area contributed by atoms with Gasteiger partial charge in [0.25, 0.3) is 0 Å². The zero-order chi connectivity index (χ0) is 12.8. The molecule has 0 atom stereocenters. The van der Waals surface area contributed by atoms with E-state index < -0.39 is 0 Å². The Morgan fingerprint density at radius 1 is 1.22 bits per heavy atom. The number of aromatic nitrogens is 4. The molecule has 1 aromatic heterocycles. The van der Waals surface area contributed by atoms with Gasteiger partial charge in [0.2, 0.25) is 5.16 Å². The van der Waals surface area contributed by atoms with E-state index in [0.29, 0.717) is 5.92 Å². The molecule has 0 aliphatic carbocycles. The van der Waals surface area contributed by atoms with Gasteiger partial charge in [0.1, 0.15) is 0 Å². The number of rotatable bonds is 6. The molecule has 2 rings (SSSR count). The summed E-state index contributed by atoms with van der Waals surface area (Å²) in [4.78, 5) is 2.55. The molecular formula is C12H23N5S. The van der Waals surface area contributed by atoms with Gasteiger partial charge in [0.15, 0.2) is 0 Å². The van der Waals surface area contributed by atoms with Crippen molar-refractivity contribution in [2.75, 3.05) is 25.4 Å². The summed E-state index contributed by atoms with van der Waals surface area (Å²) in [5, 5.41) is 12.9. The average Bonchev–Trinajstić information content (AvgIpc) is 2.77. The lowest BCUT2D eigenvalue weighted by Crippen LogP contribution is -2.31. The van der Waals surface area contributed by atoms with E-state index in [2.05, 4.69) is 34.3 Å². The molecule has 0 saturated carbocycles. The minimum Gasteiger partial charge on any atom is -0.303 e. The molecule has 0 radical (unpaired) electrons. The van der Waals surface area contributed by atoms with E-state index in [1.807, 2.05) is 4.68 Å². The number of piperidine rings is 1. The summed E-state index contributed by atoms with van der Waals surface area (Å²) in [6.45, 7) is 8.95. The number of likely N-dealkylation sites (tertiary alicyclic amines) is 1. The van der Waals surface area contributed by atoms with Crippen molar-refractivity contribution < 1.29 is 0 Å². The first-order valence-electron chi connectivity index (χ1n) is 6.87. The molecule has 1 aromatic rings. The minimum atomic E-state index is 0.579. The Morgan fingerprint density at radius 2 is 2.00 bits per heavy atom. The first-order chi connectivity index (χ1) is 8.75. The maximum absolute atomic E-state index is 4.10. The van der Waals surface area contributed by atoms with Crippen LogP contribution < -0.4 is 0 Å². The van der Waals surface area contributed by atoms with Crippen LogP contribution in [-0.2, 0) is 6.54 Å². The second-order valence-electron chi connectivity index (χ2n) is 5.29. The third-order valence-corrected chi connectivity index (χ3v) is 4.06. The first kappa shape index (κ1) is 13.8. The normalized spacial score (nSPS) is 17.5. The summed E-state index contributed by atoms with van der Waals surface area (Å²) < 4.78 is 1.92. The van der Waals surface area contributed by atoms with Gasteiger partial charge < -0.3 is 4.90 Å². The highest BCUT2D eigenvalue weighted by atomic mass is 32.2. The van der Waals surface area contributed by atoms with Crippen LogP contribution in [0.2, 0.25) is 0 Å². The third-order valence-electron chi connectivity index (χ3n) is 3.12.